The Morgan fingerprint density at radius 2 is 1.65 bits per heavy atom. The van der Waals surface area contributed by atoms with Crippen molar-refractivity contribution < 1.29 is 28.7 Å². The minimum absolute atomic E-state index is 0.0309. The van der Waals surface area contributed by atoms with E-state index in [-0.39, 0.29) is 37.1 Å². The quantitative estimate of drug-likeness (QED) is 0.528. The lowest BCUT2D eigenvalue weighted by Crippen LogP contribution is -2.42. The van der Waals surface area contributed by atoms with Crippen LogP contribution in [0.25, 0.3) is 0 Å². The SMILES string of the molecule is CC(C)(C)OC(=O)C(CC(=O)N1CCC(=O)CC1)CC1(C(=O)OCc2ccccc2)CCCC1. The molecule has 1 amide bonds. The summed E-state index contributed by atoms with van der Waals surface area (Å²) in [5, 5.41) is 0. The van der Waals surface area contributed by atoms with Gasteiger partial charge in [0.2, 0.25) is 5.91 Å². The Kier molecular flexibility index (Phi) is 8.50. The first-order chi connectivity index (χ1) is 16.1. The summed E-state index contributed by atoms with van der Waals surface area (Å²) in [6.45, 7) is 6.31. The van der Waals surface area contributed by atoms with Gasteiger partial charge in [0.1, 0.15) is 18.0 Å². The number of rotatable bonds is 8. The molecule has 7 nitrogen and oxygen atoms in total. The second-order valence-corrected chi connectivity index (χ2v) is 10.6. The summed E-state index contributed by atoms with van der Waals surface area (Å²) in [5.41, 5.74) is -0.594. The van der Waals surface area contributed by atoms with Crippen LogP contribution in [0.15, 0.2) is 30.3 Å². The number of amides is 1. The molecular weight excluding hydrogens is 434 g/mol. The highest BCUT2D eigenvalue weighted by Crippen LogP contribution is 2.45. The molecule has 34 heavy (non-hydrogen) atoms. The maximum atomic E-state index is 13.3. The third kappa shape index (κ3) is 7.15. The van der Waals surface area contributed by atoms with E-state index in [1.807, 2.05) is 30.3 Å². The Morgan fingerprint density at radius 3 is 2.24 bits per heavy atom. The van der Waals surface area contributed by atoms with Crippen molar-refractivity contribution in [2.45, 2.75) is 84.3 Å². The fourth-order valence-corrected chi connectivity index (χ4v) is 4.86. The van der Waals surface area contributed by atoms with E-state index in [1.165, 1.54) is 0 Å². The monoisotopic (exact) mass is 471 g/mol. The van der Waals surface area contributed by atoms with Crippen molar-refractivity contribution in [2.75, 3.05) is 13.1 Å². The molecule has 186 valence electrons. The predicted octanol–water partition coefficient (Wildman–Crippen LogP) is 4.22. The lowest BCUT2D eigenvalue weighted by atomic mass is 9.76. The third-order valence-corrected chi connectivity index (χ3v) is 6.68. The van der Waals surface area contributed by atoms with Gasteiger partial charge in [-0.05, 0) is 45.6 Å². The number of esters is 2. The molecule has 1 saturated heterocycles. The smallest absolute Gasteiger partial charge is 0.312 e. The average molecular weight is 472 g/mol. The maximum absolute atomic E-state index is 13.3. The second-order valence-electron chi connectivity index (χ2n) is 10.6. The standard InChI is InChI=1S/C27H37NO6/c1-26(2,3)34-24(31)21(17-23(30)28-15-11-22(29)12-16-28)18-27(13-7-8-14-27)25(32)33-19-20-9-5-4-6-10-20/h4-6,9-10,21H,7-8,11-19H2,1-3H3. The van der Waals surface area contributed by atoms with Crippen molar-refractivity contribution in [3.05, 3.63) is 35.9 Å². The van der Waals surface area contributed by atoms with Crippen LogP contribution in [0.5, 0.6) is 0 Å². The van der Waals surface area contributed by atoms with Crippen LogP contribution >= 0.6 is 0 Å². The Hall–Kier alpha value is -2.70. The van der Waals surface area contributed by atoms with Crippen LogP contribution < -0.4 is 0 Å². The summed E-state index contributed by atoms with van der Waals surface area (Å²) in [4.78, 5) is 52.7. The van der Waals surface area contributed by atoms with Crippen LogP contribution in [0, 0.1) is 11.3 Å². The zero-order chi connectivity index (χ0) is 24.8. The summed E-state index contributed by atoms with van der Waals surface area (Å²) in [6, 6.07) is 9.50. The van der Waals surface area contributed by atoms with E-state index in [0.29, 0.717) is 38.8 Å². The number of ether oxygens (including phenoxy) is 2. The number of nitrogens with zero attached hydrogens (tertiary/aromatic N) is 1. The van der Waals surface area contributed by atoms with Crippen LogP contribution in [0.1, 0.15) is 77.7 Å². The zero-order valence-corrected chi connectivity index (χ0v) is 20.6. The van der Waals surface area contributed by atoms with E-state index in [1.54, 1.807) is 25.7 Å². The highest BCUT2D eigenvalue weighted by atomic mass is 16.6. The number of ketones is 1. The Bertz CT molecular complexity index is 872. The van der Waals surface area contributed by atoms with E-state index < -0.39 is 22.9 Å². The van der Waals surface area contributed by atoms with E-state index in [2.05, 4.69) is 0 Å². The van der Waals surface area contributed by atoms with Crippen LogP contribution in [0.4, 0.5) is 0 Å². The summed E-state index contributed by atoms with van der Waals surface area (Å²) in [6.07, 6.45) is 3.91. The Balaban J connectivity index is 1.74. The zero-order valence-electron chi connectivity index (χ0n) is 20.6. The molecular formula is C27H37NO6. The van der Waals surface area contributed by atoms with E-state index >= 15 is 0 Å². The van der Waals surface area contributed by atoms with Crippen molar-refractivity contribution >= 4 is 23.6 Å². The Morgan fingerprint density at radius 1 is 1.03 bits per heavy atom. The lowest BCUT2D eigenvalue weighted by Gasteiger charge is -2.33. The van der Waals surface area contributed by atoms with Gasteiger partial charge in [-0.2, -0.15) is 0 Å². The van der Waals surface area contributed by atoms with Gasteiger partial charge in [-0.15, -0.1) is 0 Å². The number of hydrogen-bond donors (Lipinski definition) is 0. The molecule has 1 heterocycles. The van der Waals surface area contributed by atoms with Gasteiger partial charge < -0.3 is 14.4 Å². The van der Waals surface area contributed by atoms with Gasteiger partial charge in [0.15, 0.2) is 0 Å². The first-order valence-corrected chi connectivity index (χ1v) is 12.3. The molecule has 1 aromatic rings. The maximum Gasteiger partial charge on any atom is 0.312 e. The van der Waals surface area contributed by atoms with Crippen molar-refractivity contribution in [1.82, 2.24) is 4.90 Å². The van der Waals surface area contributed by atoms with Gasteiger partial charge in [0.25, 0.3) is 0 Å². The van der Waals surface area contributed by atoms with Gasteiger partial charge >= 0.3 is 11.9 Å². The fraction of sp³-hybridized carbons (Fsp3) is 0.630. The fourth-order valence-electron chi connectivity index (χ4n) is 4.86. The molecule has 3 rings (SSSR count). The normalized spacial score (nSPS) is 18.9. The number of benzene rings is 1. The summed E-state index contributed by atoms with van der Waals surface area (Å²) < 4.78 is 11.4. The first-order valence-electron chi connectivity index (χ1n) is 12.3. The number of likely N-dealkylation sites (tertiary alicyclic amines) is 1. The highest BCUT2D eigenvalue weighted by Gasteiger charge is 2.46. The van der Waals surface area contributed by atoms with Gasteiger partial charge in [-0.3, -0.25) is 19.2 Å². The molecule has 2 aliphatic rings. The molecule has 0 spiro atoms. The molecule has 1 saturated carbocycles. The number of Topliss-reactive ketones (excluding diaryl/α,β-unsaturated/α-hetero) is 1. The molecule has 0 bridgehead atoms. The number of piperidine rings is 1. The van der Waals surface area contributed by atoms with Gasteiger partial charge in [-0.25, -0.2) is 0 Å². The summed E-state index contributed by atoms with van der Waals surface area (Å²) in [5.74, 6) is -1.53. The Labute approximate surface area is 202 Å². The van der Waals surface area contributed by atoms with Crippen LogP contribution in [0.2, 0.25) is 0 Å². The van der Waals surface area contributed by atoms with E-state index in [0.717, 1.165) is 18.4 Å². The van der Waals surface area contributed by atoms with Crippen molar-refractivity contribution in [1.29, 1.82) is 0 Å². The van der Waals surface area contributed by atoms with Gasteiger partial charge in [0, 0.05) is 32.4 Å². The number of carbonyl (C=O) groups excluding carboxylic acids is 4. The van der Waals surface area contributed by atoms with Crippen molar-refractivity contribution in [3.8, 4) is 0 Å². The van der Waals surface area contributed by atoms with Gasteiger partial charge in [-0.1, -0.05) is 43.2 Å². The largest absolute Gasteiger partial charge is 0.460 e. The third-order valence-electron chi connectivity index (χ3n) is 6.68. The summed E-state index contributed by atoms with van der Waals surface area (Å²) >= 11 is 0. The summed E-state index contributed by atoms with van der Waals surface area (Å²) in [7, 11) is 0. The minimum Gasteiger partial charge on any atom is -0.460 e. The van der Waals surface area contributed by atoms with E-state index in [9.17, 15) is 19.2 Å². The molecule has 0 aromatic heterocycles. The van der Waals surface area contributed by atoms with Crippen molar-refractivity contribution in [2.24, 2.45) is 11.3 Å². The van der Waals surface area contributed by atoms with E-state index in [4.69, 9.17) is 9.47 Å². The topological polar surface area (TPSA) is 90.0 Å². The molecule has 2 fully saturated rings. The van der Waals surface area contributed by atoms with Crippen LogP contribution in [-0.4, -0.2) is 47.2 Å². The predicted molar refractivity (Wildman–Crippen MR) is 127 cm³/mol. The molecule has 0 N–H and O–H groups in total. The molecule has 1 atom stereocenters. The van der Waals surface area contributed by atoms with Crippen molar-refractivity contribution in [3.63, 3.8) is 0 Å². The van der Waals surface area contributed by atoms with Crippen LogP contribution in [-0.2, 0) is 35.3 Å². The number of hydrogen-bond acceptors (Lipinski definition) is 6. The number of carbonyl (C=O) groups is 4. The second kappa shape index (κ2) is 11.2. The van der Waals surface area contributed by atoms with Crippen LogP contribution in [0.3, 0.4) is 0 Å². The molecule has 7 heteroatoms. The molecule has 0 radical (unpaired) electrons. The molecule has 1 aromatic carbocycles. The first kappa shape index (κ1) is 25.9. The highest BCUT2D eigenvalue weighted by molar-refractivity contribution is 5.87. The lowest BCUT2D eigenvalue weighted by molar-refractivity contribution is -0.167. The van der Waals surface area contributed by atoms with Gasteiger partial charge in [0.05, 0.1) is 11.3 Å². The molecule has 1 aliphatic heterocycles. The average Bonchev–Trinajstić information content (AvgIpc) is 3.27. The minimum atomic E-state index is -0.797. The molecule has 1 aliphatic carbocycles. The molecule has 1 unspecified atom stereocenters.